The molecule has 1 heterocycles. The van der Waals surface area contributed by atoms with Crippen molar-refractivity contribution < 1.29 is 14.3 Å². The Labute approximate surface area is 135 Å². The number of ketones is 1. The number of piperidine rings is 1. The van der Waals surface area contributed by atoms with E-state index in [2.05, 4.69) is 4.90 Å². The van der Waals surface area contributed by atoms with Crippen molar-refractivity contribution in [2.45, 2.75) is 52.4 Å². The number of carbonyl (C=O) groups is 1. The lowest BCUT2D eigenvalue weighted by molar-refractivity contribution is -0.122. The molecule has 0 aromatic heterocycles. The summed E-state index contributed by atoms with van der Waals surface area (Å²) in [5, 5.41) is 0. The monoisotopic (exact) mass is 311 g/mol. The number of likely N-dealkylation sites (tertiary alicyclic amines) is 1. The van der Waals surface area contributed by atoms with Crippen LogP contribution in [0.3, 0.4) is 0 Å². The van der Waals surface area contributed by atoms with Crippen LogP contribution >= 0.6 is 0 Å². The number of hydrogen-bond donors (Lipinski definition) is 0. The molecule has 2 rings (SSSR count). The Morgan fingerprint density at radius 3 is 2.27 bits per heavy atom. The van der Waals surface area contributed by atoms with Gasteiger partial charge in [0.05, 0.1) is 19.8 Å². The Hall–Kier alpha value is -0.450. The number of ether oxygens (including phenoxy) is 2. The Morgan fingerprint density at radius 1 is 1.05 bits per heavy atom. The second kappa shape index (κ2) is 8.99. The topological polar surface area (TPSA) is 38.8 Å². The van der Waals surface area contributed by atoms with Crippen LogP contribution in [0.25, 0.3) is 0 Å². The van der Waals surface area contributed by atoms with E-state index in [0.717, 1.165) is 32.6 Å². The third-order valence-corrected chi connectivity index (χ3v) is 5.67. The molecule has 1 spiro atoms. The maximum absolute atomic E-state index is 11.5. The highest BCUT2D eigenvalue weighted by molar-refractivity contribution is 5.78. The van der Waals surface area contributed by atoms with E-state index in [1.807, 2.05) is 6.92 Å². The van der Waals surface area contributed by atoms with Gasteiger partial charge in [-0.05, 0) is 70.9 Å². The highest BCUT2D eigenvalue weighted by Crippen LogP contribution is 2.46. The average molecular weight is 311 g/mol. The van der Waals surface area contributed by atoms with Crippen LogP contribution in [0, 0.1) is 11.3 Å². The molecule has 4 heteroatoms. The second-order valence-electron chi connectivity index (χ2n) is 7.04. The first-order chi connectivity index (χ1) is 10.7. The van der Waals surface area contributed by atoms with Gasteiger partial charge in [0.15, 0.2) is 0 Å². The second-order valence-corrected chi connectivity index (χ2v) is 7.04. The summed E-state index contributed by atoms with van der Waals surface area (Å²) in [5.41, 5.74) is 0.540. The smallest absolute Gasteiger partial charge is 0.132 e. The summed E-state index contributed by atoms with van der Waals surface area (Å²) in [6, 6.07) is 0. The van der Waals surface area contributed by atoms with Crippen molar-refractivity contribution in [2.24, 2.45) is 11.3 Å². The van der Waals surface area contributed by atoms with Crippen molar-refractivity contribution in [1.29, 1.82) is 0 Å². The summed E-state index contributed by atoms with van der Waals surface area (Å²) in [5.74, 6) is 0.749. The SMILES string of the molecule is CCOCCOCCN1CCC2(CCC(C(C)=O)CC2)CC1. The first-order valence-corrected chi connectivity index (χ1v) is 9.03. The molecule has 0 atom stereocenters. The van der Waals surface area contributed by atoms with Crippen molar-refractivity contribution in [2.75, 3.05) is 46.1 Å². The van der Waals surface area contributed by atoms with Crippen LogP contribution in [0.4, 0.5) is 0 Å². The maximum Gasteiger partial charge on any atom is 0.132 e. The number of Topliss-reactive ketones (excluding diaryl/α,β-unsaturated/α-hetero) is 1. The van der Waals surface area contributed by atoms with Crippen LogP contribution in [0.1, 0.15) is 52.4 Å². The quantitative estimate of drug-likeness (QED) is 0.646. The number of carbonyl (C=O) groups excluding carboxylic acids is 1. The normalized spacial score (nSPS) is 23.0. The van der Waals surface area contributed by atoms with Crippen molar-refractivity contribution in [3.63, 3.8) is 0 Å². The van der Waals surface area contributed by atoms with Gasteiger partial charge in [-0.1, -0.05) is 0 Å². The molecular formula is C18H33NO3. The van der Waals surface area contributed by atoms with Gasteiger partial charge in [-0.3, -0.25) is 4.79 Å². The lowest BCUT2D eigenvalue weighted by Crippen LogP contribution is -2.43. The molecule has 0 amide bonds. The van der Waals surface area contributed by atoms with Gasteiger partial charge in [-0.25, -0.2) is 0 Å². The molecule has 1 aliphatic heterocycles. The molecule has 0 aromatic carbocycles. The Bertz CT molecular complexity index is 327. The molecule has 0 unspecified atom stereocenters. The molecule has 128 valence electrons. The van der Waals surface area contributed by atoms with E-state index in [1.165, 1.54) is 38.8 Å². The first-order valence-electron chi connectivity index (χ1n) is 9.03. The highest BCUT2D eigenvalue weighted by Gasteiger charge is 2.38. The summed E-state index contributed by atoms with van der Waals surface area (Å²) in [6.07, 6.45) is 7.37. The predicted molar refractivity (Wildman–Crippen MR) is 88.1 cm³/mol. The minimum absolute atomic E-state index is 0.349. The first kappa shape index (κ1) is 17.9. The highest BCUT2D eigenvalue weighted by atomic mass is 16.5. The van der Waals surface area contributed by atoms with E-state index < -0.39 is 0 Å². The van der Waals surface area contributed by atoms with Gasteiger partial charge in [0.25, 0.3) is 0 Å². The molecule has 1 saturated carbocycles. The van der Waals surface area contributed by atoms with Crippen molar-refractivity contribution in [3.8, 4) is 0 Å². The summed E-state index contributed by atoms with van der Waals surface area (Å²) in [6.45, 7) is 10.2. The van der Waals surface area contributed by atoms with E-state index in [4.69, 9.17) is 9.47 Å². The third kappa shape index (κ3) is 5.32. The van der Waals surface area contributed by atoms with Gasteiger partial charge in [0.2, 0.25) is 0 Å². The van der Waals surface area contributed by atoms with Crippen molar-refractivity contribution in [1.82, 2.24) is 4.90 Å². The summed E-state index contributed by atoms with van der Waals surface area (Å²) in [4.78, 5) is 14.0. The maximum atomic E-state index is 11.5. The molecule has 0 bridgehead atoms. The van der Waals surface area contributed by atoms with Gasteiger partial charge in [-0.15, -0.1) is 0 Å². The van der Waals surface area contributed by atoms with Crippen LogP contribution in [0.2, 0.25) is 0 Å². The van der Waals surface area contributed by atoms with Gasteiger partial charge in [0, 0.05) is 19.1 Å². The largest absolute Gasteiger partial charge is 0.379 e. The van der Waals surface area contributed by atoms with Crippen LogP contribution in [-0.2, 0) is 14.3 Å². The van der Waals surface area contributed by atoms with E-state index in [0.29, 0.717) is 30.3 Å². The molecule has 2 fully saturated rings. The Balaban J connectivity index is 1.59. The molecule has 1 saturated heterocycles. The van der Waals surface area contributed by atoms with Crippen LogP contribution in [0.15, 0.2) is 0 Å². The summed E-state index contributed by atoms with van der Waals surface area (Å²) in [7, 11) is 0. The van der Waals surface area contributed by atoms with Gasteiger partial charge in [0.1, 0.15) is 5.78 Å². The minimum atomic E-state index is 0.349. The fourth-order valence-corrected chi connectivity index (χ4v) is 3.95. The third-order valence-electron chi connectivity index (χ3n) is 5.67. The Kier molecular flexibility index (Phi) is 7.32. The standard InChI is InChI=1S/C18H33NO3/c1-3-21-14-15-22-13-12-19-10-8-18(9-11-19)6-4-17(5-7-18)16(2)20/h17H,3-15H2,1-2H3. The lowest BCUT2D eigenvalue weighted by atomic mass is 9.65. The zero-order valence-corrected chi connectivity index (χ0v) is 14.4. The zero-order valence-electron chi connectivity index (χ0n) is 14.4. The van der Waals surface area contributed by atoms with E-state index in [-0.39, 0.29) is 0 Å². The predicted octanol–water partition coefficient (Wildman–Crippen LogP) is 2.90. The lowest BCUT2D eigenvalue weighted by Gasteiger charge is -2.45. The number of rotatable bonds is 8. The van der Waals surface area contributed by atoms with Crippen LogP contribution in [-0.4, -0.2) is 56.7 Å². The number of hydrogen-bond acceptors (Lipinski definition) is 4. The van der Waals surface area contributed by atoms with Crippen LogP contribution < -0.4 is 0 Å². The van der Waals surface area contributed by atoms with Gasteiger partial charge in [-0.2, -0.15) is 0 Å². The number of nitrogens with zero attached hydrogens (tertiary/aromatic N) is 1. The molecule has 0 aromatic rings. The molecular weight excluding hydrogens is 278 g/mol. The average Bonchev–Trinajstić information content (AvgIpc) is 2.53. The molecule has 2 aliphatic rings. The Morgan fingerprint density at radius 2 is 1.68 bits per heavy atom. The van der Waals surface area contributed by atoms with Gasteiger partial charge < -0.3 is 14.4 Å². The summed E-state index contributed by atoms with van der Waals surface area (Å²) < 4.78 is 10.9. The molecule has 1 aliphatic carbocycles. The van der Waals surface area contributed by atoms with Gasteiger partial charge >= 0.3 is 0 Å². The van der Waals surface area contributed by atoms with E-state index in [1.54, 1.807) is 6.92 Å². The fraction of sp³-hybridized carbons (Fsp3) is 0.944. The van der Waals surface area contributed by atoms with E-state index >= 15 is 0 Å². The molecule has 0 radical (unpaired) electrons. The molecule has 0 N–H and O–H groups in total. The molecule has 22 heavy (non-hydrogen) atoms. The van der Waals surface area contributed by atoms with Crippen LogP contribution in [0.5, 0.6) is 0 Å². The molecule has 4 nitrogen and oxygen atoms in total. The van der Waals surface area contributed by atoms with E-state index in [9.17, 15) is 4.79 Å². The summed E-state index contributed by atoms with van der Waals surface area (Å²) >= 11 is 0. The van der Waals surface area contributed by atoms with Crippen molar-refractivity contribution >= 4 is 5.78 Å². The van der Waals surface area contributed by atoms with Crippen molar-refractivity contribution in [3.05, 3.63) is 0 Å². The minimum Gasteiger partial charge on any atom is -0.379 e. The zero-order chi connectivity index (χ0) is 15.8. The fourth-order valence-electron chi connectivity index (χ4n) is 3.95.